The lowest BCUT2D eigenvalue weighted by Crippen LogP contribution is -1.96. The first-order valence-corrected chi connectivity index (χ1v) is 6.15. The maximum absolute atomic E-state index is 9.10. The van der Waals surface area contributed by atoms with E-state index in [1.54, 1.807) is 30.6 Å². The third-order valence-corrected chi connectivity index (χ3v) is 3.27. The van der Waals surface area contributed by atoms with E-state index in [2.05, 4.69) is 9.97 Å². The van der Waals surface area contributed by atoms with Gasteiger partial charge in [-0.05, 0) is 36.5 Å². The molecule has 20 heavy (non-hydrogen) atoms. The summed E-state index contributed by atoms with van der Waals surface area (Å²) < 4.78 is 2.33. The molecule has 0 unspecified atom stereocenters. The van der Waals surface area contributed by atoms with E-state index in [-0.39, 0.29) is 0 Å². The number of pyridine rings is 1. The van der Waals surface area contributed by atoms with Crippen molar-refractivity contribution in [3.8, 4) is 17.8 Å². The van der Waals surface area contributed by atoms with Crippen molar-refractivity contribution in [2.45, 2.75) is 0 Å². The summed E-state index contributed by atoms with van der Waals surface area (Å²) in [6.07, 6.45) is 3.37. The summed E-state index contributed by atoms with van der Waals surface area (Å²) in [5.74, 6) is 0. The highest BCUT2D eigenvalue weighted by molar-refractivity contribution is 7.71. The maximum Gasteiger partial charge on any atom is 0.182 e. The Bertz CT molecular complexity index is 952. The van der Waals surface area contributed by atoms with Crippen molar-refractivity contribution in [3.05, 3.63) is 52.6 Å². The first kappa shape index (κ1) is 12.1. The van der Waals surface area contributed by atoms with Crippen molar-refractivity contribution in [2.75, 3.05) is 0 Å². The summed E-state index contributed by atoms with van der Waals surface area (Å²) in [5, 5.41) is 18.1. The van der Waals surface area contributed by atoms with Gasteiger partial charge in [0.15, 0.2) is 4.77 Å². The van der Waals surface area contributed by atoms with Crippen LogP contribution in [-0.4, -0.2) is 14.5 Å². The Morgan fingerprint density at radius 3 is 2.70 bits per heavy atom. The standard InChI is InChI=1S/C14H7N5S/c15-6-9-1-2-11(5-10(9)7-16)19-13-3-4-17-8-12(13)18-14(19)20/h1-5,8H,(H,18,20). The second kappa shape index (κ2) is 4.61. The third kappa shape index (κ3) is 1.76. The zero-order chi connectivity index (χ0) is 14.1. The molecule has 0 saturated carbocycles. The molecule has 0 atom stereocenters. The highest BCUT2D eigenvalue weighted by Crippen LogP contribution is 2.20. The Kier molecular flexibility index (Phi) is 2.79. The lowest BCUT2D eigenvalue weighted by molar-refractivity contribution is 1.06. The molecule has 0 bridgehead atoms. The van der Waals surface area contributed by atoms with Gasteiger partial charge in [-0.15, -0.1) is 0 Å². The van der Waals surface area contributed by atoms with E-state index in [1.807, 2.05) is 22.8 Å². The van der Waals surface area contributed by atoms with Gasteiger partial charge >= 0.3 is 0 Å². The predicted octanol–water partition coefficient (Wildman–Crippen LogP) is 2.83. The van der Waals surface area contributed by atoms with Gasteiger partial charge in [0.05, 0.1) is 28.4 Å². The fraction of sp³-hybridized carbons (Fsp3) is 0. The van der Waals surface area contributed by atoms with E-state index in [1.165, 1.54) is 0 Å². The van der Waals surface area contributed by atoms with Crippen LogP contribution in [0.5, 0.6) is 0 Å². The van der Waals surface area contributed by atoms with Crippen molar-refractivity contribution in [3.63, 3.8) is 0 Å². The molecule has 3 aromatic rings. The average molecular weight is 277 g/mol. The number of hydrogen-bond donors (Lipinski definition) is 1. The van der Waals surface area contributed by atoms with E-state index in [4.69, 9.17) is 22.7 Å². The highest BCUT2D eigenvalue weighted by atomic mass is 32.1. The first-order chi connectivity index (χ1) is 9.74. The summed E-state index contributed by atoms with van der Waals surface area (Å²) in [5.41, 5.74) is 3.11. The topological polar surface area (TPSA) is 81.2 Å². The number of H-pyrrole nitrogens is 1. The van der Waals surface area contributed by atoms with Gasteiger partial charge in [-0.1, -0.05) is 0 Å². The molecule has 0 aliphatic heterocycles. The van der Waals surface area contributed by atoms with E-state index < -0.39 is 0 Å². The number of nitrogens with zero attached hydrogens (tertiary/aromatic N) is 4. The molecule has 0 fully saturated rings. The molecule has 0 aliphatic carbocycles. The number of hydrogen-bond acceptors (Lipinski definition) is 4. The van der Waals surface area contributed by atoms with Gasteiger partial charge in [-0.25, -0.2) is 0 Å². The first-order valence-electron chi connectivity index (χ1n) is 5.74. The van der Waals surface area contributed by atoms with E-state index in [0.29, 0.717) is 15.9 Å². The number of nitriles is 2. The van der Waals surface area contributed by atoms with Crippen molar-refractivity contribution >= 4 is 23.3 Å². The average Bonchev–Trinajstić information content (AvgIpc) is 2.82. The van der Waals surface area contributed by atoms with Gasteiger partial charge in [0.1, 0.15) is 12.1 Å². The van der Waals surface area contributed by atoms with Crippen LogP contribution in [0.1, 0.15) is 11.1 Å². The van der Waals surface area contributed by atoms with Crippen molar-refractivity contribution in [1.29, 1.82) is 10.5 Å². The monoisotopic (exact) mass is 277 g/mol. The van der Waals surface area contributed by atoms with E-state index in [9.17, 15) is 0 Å². The summed E-state index contributed by atoms with van der Waals surface area (Å²) >= 11 is 5.31. The fourth-order valence-electron chi connectivity index (χ4n) is 2.08. The summed E-state index contributed by atoms with van der Waals surface area (Å²) in [6, 6.07) is 10.9. The van der Waals surface area contributed by atoms with Gasteiger partial charge in [0.25, 0.3) is 0 Å². The molecule has 1 N–H and O–H groups in total. The van der Waals surface area contributed by atoms with Crippen LogP contribution in [0.15, 0.2) is 36.7 Å². The second-order valence-corrected chi connectivity index (χ2v) is 4.50. The van der Waals surface area contributed by atoms with Crippen molar-refractivity contribution < 1.29 is 0 Å². The lowest BCUT2D eigenvalue weighted by Gasteiger charge is -2.05. The number of rotatable bonds is 1. The molecular formula is C14H7N5S. The summed E-state index contributed by atoms with van der Waals surface area (Å²) in [7, 11) is 0. The van der Waals surface area contributed by atoms with Crippen LogP contribution in [0.25, 0.3) is 16.7 Å². The minimum atomic E-state index is 0.329. The number of nitrogens with one attached hydrogen (secondary N) is 1. The number of aromatic amines is 1. The maximum atomic E-state index is 9.10. The van der Waals surface area contributed by atoms with Crippen molar-refractivity contribution in [1.82, 2.24) is 14.5 Å². The molecule has 94 valence electrons. The van der Waals surface area contributed by atoms with Gasteiger partial charge in [0, 0.05) is 11.9 Å². The summed E-state index contributed by atoms with van der Waals surface area (Å²) in [4.78, 5) is 7.09. The Morgan fingerprint density at radius 2 is 1.95 bits per heavy atom. The largest absolute Gasteiger partial charge is 0.329 e. The molecule has 0 spiro atoms. The van der Waals surface area contributed by atoms with Crippen LogP contribution in [0.2, 0.25) is 0 Å². The smallest absolute Gasteiger partial charge is 0.182 e. The Balaban J connectivity index is 2.33. The molecule has 0 saturated heterocycles. The van der Waals surface area contributed by atoms with Crippen molar-refractivity contribution in [2.24, 2.45) is 0 Å². The second-order valence-electron chi connectivity index (χ2n) is 4.11. The SMILES string of the molecule is N#Cc1ccc(-n2c(=S)[nH]c3cnccc32)cc1C#N. The molecule has 0 aliphatic rings. The zero-order valence-electron chi connectivity index (χ0n) is 10.2. The van der Waals surface area contributed by atoms with Crippen LogP contribution in [-0.2, 0) is 0 Å². The van der Waals surface area contributed by atoms with Gasteiger partial charge in [-0.2, -0.15) is 10.5 Å². The predicted molar refractivity (Wildman–Crippen MR) is 75.7 cm³/mol. The highest BCUT2D eigenvalue weighted by Gasteiger charge is 2.09. The Labute approximate surface area is 119 Å². The van der Waals surface area contributed by atoms with Gasteiger partial charge in [0.2, 0.25) is 0 Å². The molecule has 2 heterocycles. The van der Waals surface area contributed by atoms with Crippen LogP contribution >= 0.6 is 12.2 Å². The van der Waals surface area contributed by atoms with Crippen LogP contribution < -0.4 is 0 Å². The molecule has 1 aromatic carbocycles. The van der Waals surface area contributed by atoms with E-state index in [0.717, 1.165) is 16.7 Å². The molecule has 6 heteroatoms. The fourth-order valence-corrected chi connectivity index (χ4v) is 2.39. The quantitative estimate of drug-likeness (QED) is 0.693. The number of aromatic nitrogens is 3. The molecule has 0 amide bonds. The molecule has 2 aromatic heterocycles. The molecule has 5 nitrogen and oxygen atoms in total. The van der Waals surface area contributed by atoms with Gasteiger partial charge < -0.3 is 4.98 Å². The third-order valence-electron chi connectivity index (χ3n) is 2.99. The Hall–Kier alpha value is -2.96. The number of imidazole rings is 1. The van der Waals surface area contributed by atoms with E-state index >= 15 is 0 Å². The minimum absolute atomic E-state index is 0.329. The normalized spacial score (nSPS) is 10.1. The van der Waals surface area contributed by atoms with Crippen LogP contribution in [0, 0.1) is 27.4 Å². The van der Waals surface area contributed by atoms with Gasteiger partial charge in [-0.3, -0.25) is 9.55 Å². The molecular weight excluding hydrogens is 270 g/mol. The number of fused-ring (bicyclic) bond motifs is 1. The minimum Gasteiger partial charge on any atom is -0.329 e. The number of benzene rings is 1. The lowest BCUT2D eigenvalue weighted by atomic mass is 10.1. The van der Waals surface area contributed by atoms with Crippen LogP contribution in [0.3, 0.4) is 0 Å². The van der Waals surface area contributed by atoms with Crippen LogP contribution in [0.4, 0.5) is 0 Å². The molecule has 3 rings (SSSR count). The summed E-state index contributed by atoms with van der Waals surface area (Å²) in [6.45, 7) is 0. The Morgan fingerprint density at radius 1 is 1.15 bits per heavy atom. The zero-order valence-corrected chi connectivity index (χ0v) is 11.0. The molecule has 0 radical (unpaired) electrons.